The lowest BCUT2D eigenvalue weighted by Gasteiger charge is -2.34. The zero-order chi connectivity index (χ0) is 47.0. The molecule has 0 N–H and O–H groups in total. The maximum Gasteiger partial charge on any atom is 0.306 e. The molecule has 8 heteroatoms. The van der Waals surface area contributed by atoms with E-state index >= 15 is 0 Å². The van der Waals surface area contributed by atoms with E-state index in [1.807, 2.05) is 0 Å². The van der Waals surface area contributed by atoms with Gasteiger partial charge in [-0.05, 0) is 83.5 Å². The van der Waals surface area contributed by atoms with Crippen LogP contribution in [0.4, 0.5) is 0 Å². The average Bonchev–Trinajstić information content (AvgIpc) is 3.26. The Labute approximate surface area is 393 Å². The standard InChI is InChI=1S/C56H95NO7/c1-6-8-10-12-14-16-18-20-22-24-26-28-30-32-34-36-38-40-42-44-46-54(58)63-51-52(50-62-49-48-53(56(60)61)57(3,4)5)64-55(59)47-45-43-41-39-37-35-33-31-29-27-25-23-21-19-17-15-13-11-9-7-2/h8,10,14,16-17,19-23,26,28,32,34,52-53H,6-7,9,11-13,15,18,24-25,27,29-31,33,35-51H2,1-5H3/b10-8+,16-14+,19-17+,22-20+,23-21+,28-26+,34-32+. The van der Waals surface area contributed by atoms with Crippen molar-refractivity contribution in [1.82, 2.24) is 0 Å². The summed E-state index contributed by atoms with van der Waals surface area (Å²) in [5.74, 6) is -1.78. The van der Waals surface area contributed by atoms with Crippen LogP contribution in [0.5, 0.6) is 0 Å². The van der Waals surface area contributed by atoms with Crippen LogP contribution in [-0.2, 0) is 28.6 Å². The van der Waals surface area contributed by atoms with Gasteiger partial charge >= 0.3 is 11.9 Å². The van der Waals surface area contributed by atoms with Gasteiger partial charge in [0, 0.05) is 19.3 Å². The van der Waals surface area contributed by atoms with Crippen molar-refractivity contribution in [3.63, 3.8) is 0 Å². The number of ether oxygens (including phenoxy) is 3. The van der Waals surface area contributed by atoms with Gasteiger partial charge in [-0.1, -0.05) is 182 Å². The van der Waals surface area contributed by atoms with E-state index in [-0.39, 0.29) is 42.7 Å². The van der Waals surface area contributed by atoms with Crippen LogP contribution in [0, 0.1) is 0 Å². The van der Waals surface area contributed by atoms with Crippen molar-refractivity contribution in [1.29, 1.82) is 0 Å². The number of carboxylic acids is 1. The number of nitrogens with zero attached hydrogens (tertiary/aromatic N) is 1. The summed E-state index contributed by atoms with van der Waals surface area (Å²) >= 11 is 0. The van der Waals surface area contributed by atoms with E-state index in [1.165, 1.54) is 77.0 Å². The summed E-state index contributed by atoms with van der Waals surface area (Å²) in [4.78, 5) is 37.0. The minimum atomic E-state index is -1.13. The quantitative estimate of drug-likeness (QED) is 0.0197. The number of likely N-dealkylation sites (N-methyl/N-ethyl adjacent to an activating group) is 1. The predicted molar refractivity (Wildman–Crippen MR) is 268 cm³/mol. The van der Waals surface area contributed by atoms with E-state index in [0.717, 1.165) is 89.9 Å². The van der Waals surface area contributed by atoms with Gasteiger partial charge in [0.15, 0.2) is 6.10 Å². The Balaban J connectivity index is 4.32. The van der Waals surface area contributed by atoms with Crippen molar-refractivity contribution in [3.05, 3.63) is 85.1 Å². The van der Waals surface area contributed by atoms with Crippen molar-refractivity contribution < 1.29 is 38.2 Å². The van der Waals surface area contributed by atoms with Gasteiger partial charge in [0.25, 0.3) is 0 Å². The summed E-state index contributed by atoms with van der Waals surface area (Å²) < 4.78 is 17.2. The second-order valence-corrected chi connectivity index (χ2v) is 18.1. The van der Waals surface area contributed by atoms with Gasteiger partial charge in [0.2, 0.25) is 0 Å². The van der Waals surface area contributed by atoms with Gasteiger partial charge in [-0.3, -0.25) is 9.59 Å². The summed E-state index contributed by atoms with van der Waals surface area (Å²) in [6.07, 6.45) is 60.3. The third-order valence-corrected chi connectivity index (χ3v) is 11.0. The zero-order valence-corrected chi connectivity index (χ0v) is 41.7. The molecule has 64 heavy (non-hydrogen) atoms. The van der Waals surface area contributed by atoms with Gasteiger partial charge in [-0.15, -0.1) is 0 Å². The molecule has 0 saturated heterocycles. The highest BCUT2D eigenvalue weighted by Crippen LogP contribution is 2.14. The summed E-state index contributed by atoms with van der Waals surface area (Å²) in [6.45, 7) is 4.50. The van der Waals surface area contributed by atoms with Gasteiger partial charge < -0.3 is 28.6 Å². The molecular formula is C56H95NO7. The molecule has 2 unspecified atom stereocenters. The molecule has 8 nitrogen and oxygen atoms in total. The fourth-order valence-corrected chi connectivity index (χ4v) is 7.09. The molecule has 0 aromatic carbocycles. The number of carbonyl (C=O) groups excluding carboxylic acids is 3. The lowest BCUT2D eigenvalue weighted by molar-refractivity contribution is -0.889. The van der Waals surface area contributed by atoms with E-state index in [2.05, 4.69) is 98.9 Å². The Morgan fingerprint density at radius 3 is 1.39 bits per heavy atom. The van der Waals surface area contributed by atoms with Crippen molar-refractivity contribution in [2.75, 3.05) is 41.0 Å². The lowest BCUT2D eigenvalue weighted by Crippen LogP contribution is -2.55. The first-order valence-electron chi connectivity index (χ1n) is 25.6. The number of esters is 2. The SMILES string of the molecule is CC/C=C/C/C=C/C/C=C/C/C=C/C/C=C/CCCCCCC(=O)OCC(COCCC(C(=O)[O-])[N+](C)(C)C)OC(=O)CCCCCCCCCCCC/C=C/C=C/CCCCCC. The van der Waals surface area contributed by atoms with Gasteiger partial charge in [0.05, 0.1) is 40.3 Å². The molecule has 0 spiro atoms. The number of carboxylic acid groups (broad SMARTS) is 1. The minimum Gasteiger partial charge on any atom is -0.544 e. The van der Waals surface area contributed by atoms with Crippen molar-refractivity contribution in [2.45, 2.75) is 212 Å². The third kappa shape index (κ3) is 43.7. The van der Waals surface area contributed by atoms with Gasteiger partial charge in [-0.2, -0.15) is 0 Å². The first-order valence-corrected chi connectivity index (χ1v) is 25.6. The molecule has 366 valence electrons. The molecular weight excluding hydrogens is 799 g/mol. The third-order valence-electron chi connectivity index (χ3n) is 11.0. The molecule has 0 radical (unpaired) electrons. The Morgan fingerprint density at radius 1 is 0.500 bits per heavy atom. The van der Waals surface area contributed by atoms with E-state index in [0.29, 0.717) is 12.8 Å². The Hall–Kier alpha value is -3.49. The highest BCUT2D eigenvalue weighted by atomic mass is 16.6. The molecule has 0 fully saturated rings. The summed E-state index contributed by atoms with van der Waals surface area (Å²) in [7, 11) is 5.40. The van der Waals surface area contributed by atoms with Crippen LogP contribution in [-0.4, -0.2) is 75.5 Å². The molecule has 0 bridgehead atoms. The molecule has 0 saturated carbocycles. The Bertz CT molecular complexity index is 1320. The number of aliphatic carboxylic acids is 1. The molecule has 0 amide bonds. The largest absolute Gasteiger partial charge is 0.544 e. The molecule has 0 aliphatic heterocycles. The van der Waals surface area contributed by atoms with Crippen LogP contribution >= 0.6 is 0 Å². The second kappa shape index (κ2) is 46.1. The van der Waals surface area contributed by atoms with Crippen LogP contribution in [0.3, 0.4) is 0 Å². The maximum atomic E-state index is 12.8. The van der Waals surface area contributed by atoms with E-state index in [9.17, 15) is 19.5 Å². The van der Waals surface area contributed by atoms with E-state index in [4.69, 9.17) is 14.2 Å². The Kier molecular flexibility index (Phi) is 43.5. The predicted octanol–water partition coefficient (Wildman–Crippen LogP) is 13.5. The minimum absolute atomic E-state index is 0.0268. The number of rotatable bonds is 45. The first-order chi connectivity index (χ1) is 31.1. The van der Waals surface area contributed by atoms with E-state index in [1.54, 1.807) is 21.1 Å². The summed E-state index contributed by atoms with van der Waals surface area (Å²) in [5, 5.41) is 11.7. The number of carbonyl (C=O) groups is 3. The molecule has 0 rings (SSSR count). The smallest absolute Gasteiger partial charge is 0.306 e. The normalized spacial score (nSPS) is 13.6. The fourth-order valence-electron chi connectivity index (χ4n) is 7.09. The topological polar surface area (TPSA) is 102 Å². The van der Waals surface area contributed by atoms with E-state index < -0.39 is 18.1 Å². The second-order valence-electron chi connectivity index (χ2n) is 18.1. The zero-order valence-electron chi connectivity index (χ0n) is 41.7. The maximum absolute atomic E-state index is 12.8. The molecule has 0 aromatic rings. The molecule has 0 heterocycles. The monoisotopic (exact) mass is 894 g/mol. The van der Waals surface area contributed by atoms with Crippen LogP contribution in [0.25, 0.3) is 0 Å². The molecule has 2 atom stereocenters. The van der Waals surface area contributed by atoms with Crippen molar-refractivity contribution >= 4 is 17.9 Å². The van der Waals surface area contributed by atoms with Crippen LogP contribution in [0.2, 0.25) is 0 Å². The fraction of sp³-hybridized carbons (Fsp3) is 0.696. The molecule has 0 aromatic heterocycles. The van der Waals surface area contributed by atoms with Crippen molar-refractivity contribution in [2.24, 2.45) is 0 Å². The average molecular weight is 894 g/mol. The van der Waals surface area contributed by atoms with Crippen LogP contribution < -0.4 is 5.11 Å². The van der Waals surface area contributed by atoms with Gasteiger partial charge in [-0.25, -0.2) is 0 Å². The summed E-state index contributed by atoms with van der Waals surface area (Å²) in [5.41, 5.74) is 0. The van der Waals surface area contributed by atoms with Crippen molar-refractivity contribution in [3.8, 4) is 0 Å². The lowest BCUT2D eigenvalue weighted by atomic mass is 10.1. The molecule has 0 aliphatic carbocycles. The Morgan fingerprint density at radius 2 is 0.922 bits per heavy atom. The number of allylic oxidation sites excluding steroid dienone is 14. The number of hydrogen-bond donors (Lipinski definition) is 0. The highest BCUT2D eigenvalue weighted by Gasteiger charge is 2.25. The highest BCUT2D eigenvalue weighted by molar-refractivity contribution is 5.70. The number of hydrogen-bond acceptors (Lipinski definition) is 7. The number of quaternary nitrogens is 1. The van der Waals surface area contributed by atoms with Crippen LogP contribution in [0.15, 0.2) is 85.1 Å². The molecule has 0 aliphatic rings. The first kappa shape index (κ1) is 60.5. The van der Waals surface area contributed by atoms with Crippen LogP contribution in [0.1, 0.15) is 200 Å². The number of unbranched alkanes of at least 4 members (excludes halogenated alkanes) is 18. The summed E-state index contributed by atoms with van der Waals surface area (Å²) in [6, 6.07) is -0.735. The van der Waals surface area contributed by atoms with Gasteiger partial charge in [0.1, 0.15) is 12.6 Å².